The highest BCUT2D eigenvalue weighted by molar-refractivity contribution is 5.62. The molecule has 0 amide bonds. The summed E-state index contributed by atoms with van der Waals surface area (Å²) in [4.78, 5) is 9.96. The second-order valence-corrected chi connectivity index (χ2v) is 3.03. The van der Waals surface area contributed by atoms with Gasteiger partial charge >= 0.3 is 0 Å². The van der Waals surface area contributed by atoms with Gasteiger partial charge in [-0.15, -0.1) is 0 Å². The fourth-order valence-corrected chi connectivity index (χ4v) is 1.27. The maximum Gasteiger partial charge on any atom is 0.270 e. The van der Waals surface area contributed by atoms with Crippen molar-refractivity contribution in [2.45, 2.75) is 0 Å². The highest BCUT2D eigenvalue weighted by Crippen LogP contribution is 2.24. The maximum absolute atomic E-state index is 13.4. The van der Waals surface area contributed by atoms with Crippen molar-refractivity contribution in [1.29, 1.82) is 0 Å². The molecule has 2 aromatic rings. The average Bonchev–Trinajstić information content (AvgIpc) is 2.30. The van der Waals surface area contributed by atoms with Gasteiger partial charge in [0.05, 0.1) is 10.6 Å². The first-order valence-electron chi connectivity index (χ1n) is 4.40. The van der Waals surface area contributed by atoms with E-state index in [1.54, 1.807) is 6.07 Å². The molecule has 6 heteroatoms. The van der Waals surface area contributed by atoms with Crippen LogP contribution in [-0.2, 0) is 0 Å². The van der Waals surface area contributed by atoms with Crippen molar-refractivity contribution in [3.8, 4) is 11.3 Å². The number of non-ortho nitro benzene ring substituents is 1. The summed E-state index contributed by atoms with van der Waals surface area (Å²) in [6, 6.07) is 6.41. The molecule has 0 N–H and O–H groups in total. The van der Waals surface area contributed by atoms with Gasteiger partial charge in [-0.05, 0) is 18.2 Å². The van der Waals surface area contributed by atoms with Crippen molar-refractivity contribution in [3.63, 3.8) is 0 Å². The Morgan fingerprint density at radius 2 is 2.12 bits per heavy atom. The van der Waals surface area contributed by atoms with Gasteiger partial charge in [-0.1, -0.05) is 0 Å². The van der Waals surface area contributed by atoms with Crippen LogP contribution in [0.15, 0.2) is 36.5 Å². The molecule has 0 radical (unpaired) electrons. The first-order valence-corrected chi connectivity index (χ1v) is 4.40. The lowest BCUT2D eigenvalue weighted by Crippen LogP contribution is -1.93. The Morgan fingerprint density at radius 3 is 2.75 bits per heavy atom. The third kappa shape index (κ3) is 1.85. The van der Waals surface area contributed by atoms with Gasteiger partial charge in [0.25, 0.3) is 5.69 Å². The van der Waals surface area contributed by atoms with Crippen molar-refractivity contribution in [2.75, 3.05) is 0 Å². The molecule has 16 heavy (non-hydrogen) atoms. The number of halogens is 1. The van der Waals surface area contributed by atoms with E-state index >= 15 is 0 Å². The molecule has 1 aromatic heterocycles. The second-order valence-electron chi connectivity index (χ2n) is 3.03. The number of nitrogens with zero attached hydrogens (tertiary/aromatic N) is 3. The SMILES string of the molecule is O=[N+]([O-])c1ccc(F)c(-c2cccnn2)c1. The maximum atomic E-state index is 13.4. The highest BCUT2D eigenvalue weighted by atomic mass is 19.1. The molecule has 0 unspecified atom stereocenters. The molecule has 0 saturated carbocycles. The van der Waals surface area contributed by atoms with Crippen LogP contribution < -0.4 is 0 Å². The second kappa shape index (κ2) is 4.01. The number of benzene rings is 1. The molecule has 0 fully saturated rings. The summed E-state index contributed by atoms with van der Waals surface area (Å²) < 4.78 is 13.4. The van der Waals surface area contributed by atoms with Gasteiger partial charge < -0.3 is 0 Å². The minimum absolute atomic E-state index is 0.0716. The van der Waals surface area contributed by atoms with Crippen LogP contribution in [0.5, 0.6) is 0 Å². The summed E-state index contributed by atoms with van der Waals surface area (Å²) in [5, 5.41) is 17.8. The lowest BCUT2D eigenvalue weighted by Gasteiger charge is -2.00. The smallest absolute Gasteiger partial charge is 0.258 e. The number of nitro groups is 1. The lowest BCUT2D eigenvalue weighted by atomic mass is 10.1. The first kappa shape index (κ1) is 10.2. The normalized spacial score (nSPS) is 10.1. The van der Waals surface area contributed by atoms with Crippen molar-refractivity contribution in [2.24, 2.45) is 0 Å². The van der Waals surface area contributed by atoms with Crippen molar-refractivity contribution in [3.05, 3.63) is 52.5 Å². The molecule has 80 valence electrons. The monoisotopic (exact) mass is 219 g/mol. The quantitative estimate of drug-likeness (QED) is 0.573. The Hall–Kier alpha value is -2.37. The Bertz CT molecular complexity index is 531. The molecule has 2 rings (SSSR count). The summed E-state index contributed by atoms with van der Waals surface area (Å²) in [5.74, 6) is -0.564. The molecular weight excluding hydrogens is 213 g/mol. The molecule has 0 saturated heterocycles. The van der Waals surface area contributed by atoms with E-state index in [1.807, 2.05) is 0 Å². The zero-order valence-electron chi connectivity index (χ0n) is 8.00. The fraction of sp³-hybridized carbons (Fsp3) is 0. The van der Waals surface area contributed by atoms with E-state index in [2.05, 4.69) is 10.2 Å². The van der Waals surface area contributed by atoms with E-state index < -0.39 is 10.7 Å². The van der Waals surface area contributed by atoms with Crippen LogP contribution in [0.1, 0.15) is 0 Å². The molecule has 0 aliphatic carbocycles. The summed E-state index contributed by atoms with van der Waals surface area (Å²) in [7, 11) is 0. The number of hydrogen-bond donors (Lipinski definition) is 0. The third-order valence-electron chi connectivity index (χ3n) is 2.01. The third-order valence-corrected chi connectivity index (χ3v) is 2.01. The zero-order valence-corrected chi connectivity index (χ0v) is 8.00. The van der Waals surface area contributed by atoms with E-state index in [4.69, 9.17) is 0 Å². The van der Waals surface area contributed by atoms with Crippen LogP contribution in [0.3, 0.4) is 0 Å². The first-order chi connectivity index (χ1) is 7.68. The van der Waals surface area contributed by atoms with Gasteiger partial charge in [-0.25, -0.2) is 4.39 Å². The molecule has 1 heterocycles. The number of nitro benzene ring substituents is 1. The van der Waals surface area contributed by atoms with Crippen LogP contribution >= 0.6 is 0 Å². The Kier molecular flexibility index (Phi) is 2.55. The van der Waals surface area contributed by atoms with Crippen LogP contribution in [0.25, 0.3) is 11.3 Å². The average molecular weight is 219 g/mol. The highest BCUT2D eigenvalue weighted by Gasteiger charge is 2.13. The van der Waals surface area contributed by atoms with Crippen molar-refractivity contribution in [1.82, 2.24) is 10.2 Å². The van der Waals surface area contributed by atoms with Gasteiger partial charge in [0.1, 0.15) is 5.82 Å². The lowest BCUT2D eigenvalue weighted by molar-refractivity contribution is -0.384. The van der Waals surface area contributed by atoms with Gasteiger partial charge in [0, 0.05) is 23.9 Å². The molecular formula is C10H6FN3O2. The minimum atomic E-state index is -0.584. The summed E-state index contributed by atoms with van der Waals surface area (Å²) >= 11 is 0. The number of aromatic nitrogens is 2. The van der Waals surface area contributed by atoms with E-state index in [0.29, 0.717) is 0 Å². The van der Waals surface area contributed by atoms with Crippen molar-refractivity contribution < 1.29 is 9.31 Å². The molecule has 1 aromatic carbocycles. The zero-order chi connectivity index (χ0) is 11.5. The van der Waals surface area contributed by atoms with Gasteiger partial charge in [0.15, 0.2) is 0 Å². The predicted octanol–water partition coefficient (Wildman–Crippen LogP) is 2.19. The molecule has 0 aliphatic heterocycles. The van der Waals surface area contributed by atoms with E-state index in [0.717, 1.165) is 18.2 Å². The fourth-order valence-electron chi connectivity index (χ4n) is 1.27. The summed E-state index contributed by atoms with van der Waals surface area (Å²) in [5.41, 5.74) is 0.160. The van der Waals surface area contributed by atoms with E-state index in [-0.39, 0.29) is 16.9 Å². The van der Waals surface area contributed by atoms with E-state index in [1.165, 1.54) is 12.3 Å². The summed E-state index contributed by atoms with van der Waals surface area (Å²) in [6.45, 7) is 0. The molecule has 0 aliphatic rings. The van der Waals surface area contributed by atoms with Gasteiger partial charge in [-0.3, -0.25) is 10.1 Å². The van der Waals surface area contributed by atoms with Crippen molar-refractivity contribution >= 4 is 5.69 Å². The molecule has 0 atom stereocenters. The van der Waals surface area contributed by atoms with Crippen LogP contribution in [-0.4, -0.2) is 15.1 Å². The van der Waals surface area contributed by atoms with Gasteiger partial charge in [0.2, 0.25) is 0 Å². The van der Waals surface area contributed by atoms with Crippen LogP contribution in [0.2, 0.25) is 0 Å². The van der Waals surface area contributed by atoms with Crippen LogP contribution in [0.4, 0.5) is 10.1 Å². The topological polar surface area (TPSA) is 68.9 Å². The Labute approximate surface area is 89.7 Å². The molecule has 0 bridgehead atoms. The van der Waals surface area contributed by atoms with E-state index in [9.17, 15) is 14.5 Å². The molecule has 5 nitrogen and oxygen atoms in total. The Balaban J connectivity index is 2.56. The van der Waals surface area contributed by atoms with Crippen LogP contribution in [0, 0.1) is 15.9 Å². The standard InChI is InChI=1S/C10H6FN3O2/c11-9-4-3-7(14(15)16)6-8(9)10-2-1-5-12-13-10/h1-6H. The Morgan fingerprint density at radius 1 is 1.31 bits per heavy atom. The molecule has 0 spiro atoms. The number of rotatable bonds is 2. The largest absolute Gasteiger partial charge is 0.270 e. The number of hydrogen-bond acceptors (Lipinski definition) is 4. The minimum Gasteiger partial charge on any atom is -0.258 e. The summed E-state index contributed by atoms with van der Waals surface area (Å²) in [6.07, 6.45) is 1.44. The van der Waals surface area contributed by atoms with Gasteiger partial charge in [-0.2, -0.15) is 10.2 Å². The predicted molar refractivity (Wildman–Crippen MR) is 54.1 cm³/mol.